The fourth-order valence-corrected chi connectivity index (χ4v) is 2.40. The highest BCUT2D eigenvalue weighted by molar-refractivity contribution is 5.38. The van der Waals surface area contributed by atoms with Gasteiger partial charge in [0.2, 0.25) is 0 Å². The Morgan fingerprint density at radius 2 is 2.20 bits per heavy atom. The molecule has 0 aliphatic heterocycles. The van der Waals surface area contributed by atoms with E-state index in [1.807, 2.05) is 16.8 Å². The predicted molar refractivity (Wildman–Crippen MR) is 77.4 cm³/mol. The van der Waals surface area contributed by atoms with Gasteiger partial charge in [-0.1, -0.05) is 6.92 Å². The van der Waals surface area contributed by atoms with Gasteiger partial charge in [-0.25, -0.2) is 9.37 Å². The highest BCUT2D eigenvalue weighted by Gasteiger charge is 2.20. The van der Waals surface area contributed by atoms with Gasteiger partial charge >= 0.3 is 0 Å². The second kappa shape index (κ2) is 5.75. The van der Waals surface area contributed by atoms with Gasteiger partial charge in [-0.05, 0) is 43.0 Å². The molecular weight excluding hydrogens is 253 g/mol. The fourth-order valence-electron chi connectivity index (χ4n) is 2.40. The van der Waals surface area contributed by atoms with Crippen LogP contribution in [-0.2, 0) is 13.0 Å². The molecule has 106 valence electrons. The van der Waals surface area contributed by atoms with Crippen molar-refractivity contribution in [3.05, 3.63) is 47.8 Å². The Hall–Kier alpha value is -1.68. The molecule has 1 aliphatic rings. The van der Waals surface area contributed by atoms with Gasteiger partial charge < -0.3 is 9.88 Å². The number of imidazole rings is 1. The van der Waals surface area contributed by atoms with Crippen LogP contribution >= 0.6 is 0 Å². The van der Waals surface area contributed by atoms with Crippen molar-refractivity contribution in [3.63, 3.8) is 0 Å². The van der Waals surface area contributed by atoms with Crippen LogP contribution < -0.4 is 5.32 Å². The third-order valence-corrected chi connectivity index (χ3v) is 3.58. The molecule has 0 radical (unpaired) electrons. The SMILES string of the molecule is CCCc1nccn1-c1cc(F)cc(CNC2CC2)c1. The van der Waals surface area contributed by atoms with E-state index in [2.05, 4.69) is 17.2 Å². The van der Waals surface area contributed by atoms with E-state index in [0.29, 0.717) is 6.04 Å². The number of benzene rings is 1. The van der Waals surface area contributed by atoms with E-state index >= 15 is 0 Å². The second-order valence-electron chi connectivity index (χ2n) is 5.44. The number of aromatic nitrogens is 2. The summed E-state index contributed by atoms with van der Waals surface area (Å²) >= 11 is 0. The Balaban J connectivity index is 1.85. The minimum absolute atomic E-state index is 0.189. The highest BCUT2D eigenvalue weighted by Crippen LogP contribution is 2.21. The van der Waals surface area contributed by atoms with Gasteiger partial charge in [-0.2, -0.15) is 0 Å². The van der Waals surface area contributed by atoms with E-state index in [0.717, 1.165) is 36.5 Å². The van der Waals surface area contributed by atoms with Crippen molar-refractivity contribution in [1.29, 1.82) is 0 Å². The maximum atomic E-state index is 13.8. The van der Waals surface area contributed by atoms with Crippen LogP contribution in [-0.4, -0.2) is 15.6 Å². The zero-order valence-electron chi connectivity index (χ0n) is 11.8. The molecule has 1 aromatic carbocycles. The van der Waals surface area contributed by atoms with Crippen LogP contribution in [0.25, 0.3) is 5.69 Å². The summed E-state index contributed by atoms with van der Waals surface area (Å²) in [7, 11) is 0. The van der Waals surface area contributed by atoms with E-state index in [1.165, 1.54) is 12.8 Å². The number of hydrogen-bond donors (Lipinski definition) is 1. The van der Waals surface area contributed by atoms with Gasteiger partial charge in [0.25, 0.3) is 0 Å². The van der Waals surface area contributed by atoms with E-state index in [4.69, 9.17) is 0 Å². The molecule has 2 aromatic rings. The average Bonchev–Trinajstić information content (AvgIpc) is 3.14. The molecule has 0 atom stereocenters. The average molecular weight is 273 g/mol. The Labute approximate surface area is 118 Å². The van der Waals surface area contributed by atoms with Crippen LogP contribution in [0.3, 0.4) is 0 Å². The zero-order valence-corrected chi connectivity index (χ0v) is 11.8. The summed E-state index contributed by atoms with van der Waals surface area (Å²) in [6.07, 6.45) is 8.09. The number of nitrogens with zero attached hydrogens (tertiary/aromatic N) is 2. The first-order chi connectivity index (χ1) is 9.76. The van der Waals surface area contributed by atoms with Crippen molar-refractivity contribution in [3.8, 4) is 5.69 Å². The molecule has 4 heteroatoms. The first-order valence-electron chi connectivity index (χ1n) is 7.31. The predicted octanol–water partition coefficient (Wildman–Crippen LogP) is 3.22. The fraction of sp³-hybridized carbons (Fsp3) is 0.438. The molecule has 3 nitrogen and oxygen atoms in total. The summed E-state index contributed by atoms with van der Waals surface area (Å²) in [5.41, 5.74) is 1.85. The van der Waals surface area contributed by atoms with Gasteiger partial charge in [0, 0.05) is 37.1 Å². The molecule has 1 saturated carbocycles. The molecular formula is C16H20FN3. The van der Waals surface area contributed by atoms with Gasteiger partial charge in [0.1, 0.15) is 11.6 Å². The Bertz CT molecular complexity index is 587. The van der Waals surface area contributed by atoms with Crippen molar-refractivity contribution in [2.75, 3.05) is 0 Å². The monoisotopic (exact) mass is 273 g/mol. The molecule has 20 heavy (non-hydrogen) atoms. The molecule has 1 aromatic heterocycles. The third-order valence-electron chi connectivity index (χ3n) is 3.58. The Morgan fingerprint density at radius 1 is 1.35 bits per heavy atom. The van der Waals surface area contributed by atoms with E-state index in [9.17, 15) is 4.39 Å². The molecule has 0 unspecified atom stereocenters. The Morgan fingerprint density at radius 3 is 2.95 bits per heavy atom. The molecule has 0 bridgehead atoms. The van der Waals surface area contributed by atoms with Crippen molar-refractivity contribution < 1.29 is 4.39 Å². The lowest BCUT2D eigenvalue weighted by atomic mass is 10.2. The molecule has 0 saturated heterocycles. The van der Waals surface area contributed by atoms with Crippen molar-refractivity contribution in [2.24, 2.45) is 0 Å². The number of halogens is 1. The number of aryl methyl sites for hydroxylation is 1. The molecule has 1 aliphatic carbocycles. The first-order valence-corrected chi connectivity index (χ1v) is 7.31. The minimum Gasteiger partial charge on any atom is -0.310 e. The third kappa shape index (κ3) is 3.07. The lowest BCUT2D eigenvalue weighted by Crippen LogP contribution is -2.15. The van der Waals surface area contributed by atoms with Crippen LogP contribution in [0.2, 0.25) is 0 Å². The van der Waals surface area contributed by atoms with Crippen molar-refractivity contribution in [2.45, 2.75) is 45.2 Å². The van der Waals surface area contributed by atoms with Gasteiger partial charge in [0.15, 0.2) is 0 Å². The molecule has 3 rings (SSSR count). The highest BCUT2D eigenvalue weighted by atomic mass is 19.1. The molecule has 1 fully saturated rings. The molecule has 0 amide bonds. The molecule has 0 spiro atoms. The summed E-state index contributed by atoms with van der Waals surface area (Å²) in [6.45, 7) is 2.85. The lowest BCUT2D eigenvalue weighted by molar-refractivity contribution is 0.617. The molecule has 1 heterocycles. The van der Waals surface area contributed by atoms with Crippen molar-refractivity contribution in [1.82, 2.24) is 14.9 Å². The quantitative estimate of drug-likeness (QED) is 0.876. The Kier molecular flexibility index (Phi) is 3.83. The standard InChI is InChI=1S/C16H20FN3/c1-2-3-16-18-6-7-20(16)15-9-12(8-13(17)10-15)11-19-14-4-5-14/h6-10,14,19H,2-5,11H2,1H3. The summed E-state index contributed by atoms with van der Waals surface area (Å²) < 4.78 is 15.8. The van der Waals surface area contributed by atoms with E-state index < -0.39 is 0 Å². The largest absolute Gasteiger partial charge is 0.310 e. The van der Waals surface area contributed by atoms with Crippen LogP contribution in [0.15, 0.2) is 30.6 Å². The van der Waals surface area contributed by atoms with Crippen LogP contribution in [0.1, 0.15) is 37.6 Å². The van der Waals surface area contributed by atoms with Crippen LogP contribution in [0, 0.1) is 5.82 Å². The lowest BCUT2D eigenvalue weighted by Gasteiger charge is -2.10. The van der Waals surface area contributed by atoms with Crippen LogP contribution in [0.5, 0.6) is 0 Å². The summed E-state index contributed by atoms with van der Waals surface area (Å²) in [6, 6.07) is 5.85. The summed E-state index contributed by atoms with van der Waals surface area (Å²) in [5, 5.41) is 3.42. The van der Waals surface area contributed by atoms with Crippen molar-refractivity contribution >= 4 is 0 Å². The summed E-state index contributed by atoms with van der Waals surface area (Å²) in [5.74, 6) is 0.797. The van der Waals surface area contributed by atoms with Gasteiger partial charge in [-0.15, -0.1) is 0 Å². The number of rotatable bonds is 6. The smallest absolute Gasteiger partial charge is 0.125 e. The number of nitrogens with one attached hydrogen (secondary N) is 1. The minimum atomic E-state index is -0.189. The zero-order chi connectivity index (χ0) is 13.9. The normalized spacial score (nSPS) is 14.7. The maximum Gasteiger partial charge on any atom is 0.125 e. The topological polar surface area (TPSA) is 29.9 Å². The van der Waals surface area contributed by atoms with Gasteiger partial charge in [0.05, 0.1) is 0 Å². The first kappa shape index (κ1) is 13.3. The summed E-state index contributed by atoms with van der Waals surface area (Å²) in [4.78, 5) is 4.35. The second-order valence-corrected chi connectivity index (χ2v) is 5.44. The van der Waals surface area contributed by atoms with E-state index in [-0.39, 0.29) is 5.82 Å². The van der Waals surface area contributed by atoms with E-state index in [1.54, 1.807) is 18.3 Å². The van der Waals surface area contributed by atoms with Crippen LogP contribution in [0.4, 0.5) is 4.39 Å². The number of hydrogen-bond acceptors (Lipinski definition) is 2. The maximum absolute atomic E-state index is 13.8. The van der Waals surface area contributed by atoms with Gasteiger partial charge in [-0.3, -0.25) is 0 Å². The molecule has 1 N–H and O–H groups in total.